The Kier molecular flexibility index (Phi) is 9.58. The second-order valence-corrected chi connectivity index (χ2v) is 8.83. The van der Waals surface area contributed by atoms with Gasteiger partial charge in [-0.1, -0.05) is 18.2 Å². The predicted molar refractivity (Wildman–Crippen MR) is 131 cm³/mol. The molecule has 184 valence electrons. The fraction of sp³-hybridized carbons (Fsp3) is 0.458. The highest BCUT2D eigenvalue weighted by Gasteiger charge is 2.21. The van der Waals surface area contributed by atoms with E-state index in [0.29, 0.717) is 58.5 Å². The van der Waals surface area contributed by atoms with E-state index < -0.39 is 12.1 Å². The standard InChI is InChI=1S/C24H31N3O6S/c1-4-32-24(30)21-16(2)20-22(29)25-19(26-23(20)34-21)14-27(11-8-12-31-3)13-17(28)15-33-18-9-6-5-7-10-18/h5-7,9-10,17,28H,4,8,11-15H2,1-3H3,(H,25,26,29)/t17-/m0/s1. The summed E-state index contributed by atoms with van der Waals surface area (Å²) in [4.78, 5) is 35.3. The third-order valence-corrected chi connectivity index (χ3v) is 6.33. The summed E-state index contributed by atoms with van der Waals surface area (Å²) in [5.41, 5.74) is 0.276. The maximum absolute atomic E-state index is 12.8. The molecule has 0 saturated heterocycles. The molecule has 0 saturated carbocycles. The number of ether oxygens (including phenoxy) is 3. The second-order valence-electron chi connectivity index (χ2n) is 7.83. The highest BCUT2D eigenvalue weighted by molar-refractivity contribution is 7.20. The molecule has 0 unspecified atom stereocenters. The first kappa shape index (κ1) is 25.8. The Morgan fingerprint density at radius 1 is 1.29 bits per heavy atom. The Morgan fingerprint density at radius 2 is 2.06 bits per heavy atom. The van der Waals surface area contributed by atoms with Crippen molar-refractivity contribution in [1.82, 2.24) is 14.9 Å². The first-order chi connectivity index (χ1) is 16.4. The van der Waals surface area contributed by atoms with Crippen molar-refractivity contribution in [3.8, 4) is 5.75 Å². The minimum atomic E-state index is -0.738. The van der Waals surface area contributed by atoms with Crippen LogP contribution in [-0.2, 0) is 16.0 Å². The molecule has 0 amide bonds. The number of methoxy groups -OCH3 is 1. The minimum Gasteiger partial charge on any atom is -0.491 e. The summed E-state index contributed by atoms with van der Waals surface area (Å²) in [5.74, 6) is 0.698. The number of benzene rings is 1. The third-order valence-electron chi connectivity index (χ3n) is 5.16. The molecular weight excluding hydrogens is 458 g/mol. The topological polar surface area (TPSA) is 114 Å². The Balaban J connectivity index is 1.74. The third kappa shape index (κ3) is 6.86. The summed E-state index contributed by atoms with van der Waals surface area (Å²) < 4.78 is 15.9. The first-order valence-electron chi connectivity index (χ1n) is 11.2. The van der Waals surface area contributed by atoms with Gasteiger partial charge in [-0.3, -0.25) is 9.69 Å². The zero-order valence-electron chi connectivity index (χ0n) is 19.7. The van der Waals surface area contributed by atoms with Crippen molar-refractivity contribution in [2.75, 3.05) is 40.0 Å². The number of aromatic nitrogens is 2. The van der Waals surface area contributed by atoms with E-state index in [1.165, 1.54) is 0 Å². The van der Waals surface area contributed by atoms with Gasteiger partial charge in [-0.05, 0) is 38.0 Å². The molecule has 0 bridgehead atoms. The average molecular weight is 490 g/mol. The zero-order chi connectivity index (χ0) is 24.5. The molecule has 1 aromatic carbocycles. The molecule has 9 nitrogen and oxygen atoms in total. The number of carbonyl (C=O) groups is 1. The molecule has 3 aromatic rings. The number of aliphatic hydroxyl groups excluding tert-OH is 1. The molecule has 1 atom stereocenters. The van der Waals surface area contributed by atoms with Crippen LogP contribution >= 0.6 is 11.3 Å². The molecular formula is C24H31N3O6S. The van der Waals surface area contributed by atoms with Crippen LogP contribution in [0.25, 0.3) is 10.2 Å². The molecule has 34 heavy (non-hydrogen) atoms. The fourth-order valence-electron chi connectivity index (χ4n) is 3.59. The maximum Gasteiger partial charge on any atom is 0.348 e. The lowest BCUT2D eigenvalue weighted by Gasteiger charge is -2.24. The van der Waals surface area contributed by atoms with Crippen LogP contribution in [0.3, 0.4) is 0 Å². The van der Waals surface area contributed by atoms with Crippen molar-refractivity contribution in [2.45, 2.75) is 32.9 Å². The molecule has 2 aromatic heterocycles. The van der Waals surface area contributed by atoms with Crippen LogP contribution in [0.5, 0.6) is 5.75 Å². The highest BCUT2D eigenvalue weighted by atomic mass is 32.1. The Labute approximate surface area is 202 Å². The number of rotatable bonds is 13. The number of thiophene rings is 1. The minimum absolute atomic E-state index is 0.140. The van der Waals surface area contributed by atoms with Gasteiger partial charge in [-0.2, -0.15) is 0 Å². The SMILES string of the molecule is CCOC(=O)c1sc2nc(CN(CCCOC)C[C@H](O)COc3ccccc3)[nH]c(=O)c2c1C. The molecule has 0 aliphatic rings. The number of esters is 1. The molecule has 10 heteroatoms. The van der Waals surface area contributed by atoms with E-state index in [2.05, 4.69) is 9.97 Å². The summed E-state index contributed by atoms with van der Waals surface area (Å²) in [6.45, 7) is 5.72. The number of aryl methyl sites for hydroxylation is 1. The molecule has 2 N–H and O–H groups in total. The number of nitrogens with one attached hydrogen (secondary N) is 1. The second kappa shape index (κ2) is 12.6. The van der Waals surface area contributed by atoms with Crippen LogP contribution in [0.1, 0.15) is 34.4 Å². The van der Waals surface area contributed by atoms with Crippen molar-refractivity contribution in [1.29, 1.82) is 0 Å². The van der Waals surface area contributed by atoms with E-state index >= 15 is 0 Å². The molecule has 2 heterocycles. The van der Waals surface area contributed by atoms with Gasteiger partial charge < -0.3 is 24.3 Å². The van der Waals surface area contributed by atoms with Gasteiger partial charge in [-0.15, -0.1) is 11.3 Å². The van der Waals surface area contributed by atoms with Crippen LogP contribution < -0.4 is 10.3 Å². The van der Waals surface area contributed by atoms with E-state index in [1.54, 1.807) is 21.0 Å². The van der Waals surface area contributed by atoms with Crippen LogP contribution in [0.2, 0.25) is 0 Å². The maximum atomic E-state index is 12.8. The summed E-state index contributed by atoms with van der Waals surface area (Å²) in [7, 11) is 1.64. The Bertz CT molecular complexity index is 1130. The van der Waals surface area contributed by atoms with E-state index in [-0.39, 0.29) is 18.8 Å². The predicted octanol–water partition coefficient (Wildman–Crippen LogP) is 2.75. The lowest BCUT2D eigenvalue weighted by molar-refractivity contribution is 0.0531. The molecule has 0 spiro atoms. The van der Waals surface area contributed by atoms with Crippen LogP contribution in [0, 0.1) is 6.92 Å². The highest BCUT2D eigenvalue weighted by Crippen LogP contribution is 2.27. The monoisotopic (exact) mass is 489 g/mol. The van der Waals surface area contributed by atoms with Crippen LogP contribution in [0.4, 0.5) is 0 Å². The van der Waals surface area contributed by atoms with Gasteiger partial charge in [0.1, 0.15) is 34.0 Å². The van der Waals surface area contributed by atoms with Crippen molar-refractivity contribution < 1.29 is 24.1 Å². The summed E-state index contributed by atoms with van der Waals surface area (Å²) in [6.07, 6.45) is 0.0120. The number of fused-ring (bicyclic) bond motifs is 1. The van der Waals surface area contributed by atoms with Gasteiger partial charge in [0.15, 0.2) is 0 Å². The summed E-state index contributed by atoms with van der Waals surface area (Å²) >= 11 is 1.15. The number of aliphatic hydroxyl groups is 1. The molecule has 3 rings (SSSR count). The number of hydrogen-bond acceptors (Lipinski definition) is 9. The van der Waals surface area contributed by atoms with Gasteiger partial charge in [0, 0.05) is 26.8 Å². The average Bonchev–Trinajstić information content (AvgIpc) is 3.15. The van der Waals surface area contributed by atoms with Gasteiger partial charge in [0.25, 0.3) is 5.56 Å². The number of hydrogen-bond donors (Lipinski definition) is 2. The van der Waals surface area contributed by atoms with Crippen LogP contribution in [-0.4, -0.2) is 72.1 Å². The first-order valence-corrected chi connectivity index (χ1v) is 12.0. The number of para-hydroxylation sites is 1. The molecule has 0 aliphatic carbocycles. The van der Waals surface area contributed by atoms with Gasteiger partial charge in [0.05, 0.1) is 18.5 Å². The van der Waals surface area contributed by atoms with Gasteiger partial charge in [0.2, 0.25) is 0 Å². The van der Waals surface area contributed by atoms with Crippen molar-refractivity contribution >= 4 is 27.5 Å². The molecule has 0 radical (unpaired) electrons. The normalized spacial score (nSPS) is 12.3. The van der Waals surface area contributed by atoms with Crippen molar-refractivity contribution in [3.05, 3.63) is 57.0 Å². The van der Waals surface area contributed by atoms with E-state index in [1.807, 2.05) is 35.2 Å². The quantitative estimate of drug-likeness (QED) is 0.278. The largest absolute Gasteiger partial charge is 0.491 e. The van der Waals surface area contributed by atoms with Crippen LogP contribution in [0.15, 0.2) is 35.1 Å². The summed E-state index contributed by atoms with van der Waals surface area (Å²) in [5, 5.41) is 11.0. The van der Waals surface area contributed by atoms with Crippen molar-refractivity contribution in [2.24, 2.45) is 0 Å². The Morgan fingerprint density at radius 3 is 2.76 bits per heavy atom. The number of aromatic amines is 1. The van der Waals surface area contributed by atoms with Crippen molar-refractivity contribution in [3.63, 3.8) is 0 Å². The lowest BCUT2D eigenvalue weighted by atomic mass is 10.2. The number of nitrogens with zero attached hydrogens (tertiary/aromatic N) is 2. The lowest BCUT2D eigenvalue weighted by Crippen LogP contribution is -2.37. The Hall–Kier alpha value is -2.79. The van der Waals surface area contributed by atoms with E-state index in [0.717, 1.165) is 17.8 Å². The van der Waals surface area contributed by atoms with E-state index in [4.69, 9.17) is 14.2 Å². The van der Waals surface area contributed by atoms with Gasteiger partial charge in [-0.25, -0.2) is 9.78 Å². The molecule has 0 fully saturated rings. The smallest absolute Gasteiger partial charge is 0.348 e. The number of carbonyl (C=O) groups excluding carboxylic acids is 1. The zero-order valence-corrected chi connectivity index (χ0v) is 20.5. The van der Waals surface area contributed by atoms with Gasteiger partial charge >= 0.3 is 5.97 Å². The fourth-order valence-corrected chi connectivity index (χ4v) is 4.69. The van der Waals surface area contributed by atoms with E-state index in [9.17, 15) is 14.7 Å². The number of H-pyrrole nitrogens is 1. The summed E-state index contributed by atoms with van der Waals surface area (Å²) in [6, 6.07) is 9.31. The molecule has 0 aliphatic heterocycles.